The van der Waals surface area contributed by atoms with E-state index in [1.54, 1.807) is 24.3 Å². The summed E-state index contributed by atoms with van der Waals surface area (Å²) in [5.41, 5.74) is 0.769. The Balaban J connectivity index is 2.55. The van der Waals surface area contributed by atoms with Crippen LogP contribution in [0.1, 0.15) is 12.0 Å². The maximum Gasteiger partial charge on any atom is 0.323 e. The van der Waals surface area contributed by atoms with Crippen molar-refractivity contribution in [3.8, 4) is 0 Å². The second-order valence-electron chi connectivity index (χ2n) is 4.36. The molecule has 0 aromatic heterocycles. The fourth-order valence-corrected chi connectivity index (χ4v) is 1.66. The second-order valence-corrected chi connectivity index (χ2v) is 4.36. The van der Waals surface area contributed by atoms with E-state index in [1.165, 1.54) is 24.1 Å². The number of carbonyl (C=O) groups is 2. The van der Waals surface area contributed by atoms with E-state index >= 15 is 0 Å². The number of carboxylic acids is 1. The molecule has 0 bridgehead atoms. The molecule has 114 valence electrons. The van der Waals surface area contributed by atoms with Gasteiger partial charge in [0.1, 0.15) is 12.4 Å². The van der Waals surface area contributed by atoms with Gasteiger partial charge in [0.15, 0.2) is 0 Å². The molecule has 0 unspecified atom stereocenters. The molecule has 0 aliphatic carbocycles. The van der Waals surface area contributed by atoms with Crippen LogP contribution in [0.2, 0.25) is 0 Å². The SMILES string of the molecule is COCCN(CC(=O)O)C(=O)C/C=C/c1ccc(F)cc1. The Morgan fingerprint density at radius 1 is 1.33 bits per heavy atom. The Morgan fingerprint density at radius 2 is 2.00 bits per heavy atom. The van der Waals surface area contributed by atoms with Crippen molar-refractivity contribution in [1.82, 2.24) is 4.90 Å². The van der Waals surface area contributed by atoms with E-state index in [2.05, 4.69) is 0 Å². The Morgan fingerprint density at radius 3 is 2.57 bits per heavy atom. The number of rotatable bonds is 8. The van der Waals surface area contributed by atoms with E-state index in [-0.39, 0.29) is 37.8 Å². The van der Waals surface area contributed by atoms with Crippen LogP contribution in [0.25, 0.3) is 6.08 Å². The van der Waals surface area contributed by atoms with E-state index in [9.17, 15) is 14.0 Å². The number of carbonyl (C=O) groups excluding carboxylic acids is 1. The average molecular weight is 295 g/mol. The molecule has 1 rings (SSSR count). The number of carboxylic acid groups (broad SMARTS) is 1. The number of hydrogen-bond acceptors (Lipinski definition) is 3. The zero-order chi connectivity index (χ0) is 15.7. The summed E-state index contributed by atoms with van der Waals surface area (Å²) in [5, 5.41) is 8.77. The minimum absolute atomic E-state index is 0.0777. The first-order valence-electron chi connectivity index (χ1n) is 6.43. The van der Waals surface area contributed by atoms with E-state index in [0.29, 0.717) is 0 Å². The minimum atomic E-state index is -1.07. The summed E-state index contributed by atoms with van der Waals surface area (Å²) in [5.74, 6) is -1.69. The number of aliphatic carboxylic acids is 1. The van der Waals surface area contributed by atoms with Crippen LogP contribution in [0, 0.1) is 5.82 Å². The van der Waals surface area contributed by atoms with Crippen LogP contribution in [0.4, 0.5) is 4.39 Å². The second kappa shape index (κ2) is 8.86. The van der Waals surface area contributed by atoms with Crippen molar-refractivity contribution in [3.63, 3.8) is 0 Å². The van der Waals surface area contributed by atoms with E-state index < -0.39 is 5.97 Å². The number of hydrogen-bond donors (Lipinski definition) is 1. The third kappa shape index (κ3) is 6.67. The third-order valence-electron chi connectivity index (χ3n) is 2.72. The number of halogens is 1. The average Bonchev–Trinajstić information content (AvgIpc) is 2.45. The van der Waals surface area contributed by atoms with Crippen molar-refractivity contribution in [2.24, 2.45) is 0 Å². The van der Waals surface area contributed by atoms with Crippen molar-refractivity contribution in [2.75, 3.05) is 26.8 Å². The van der Waals surface area contributed by atoms with Crippen molar-refractivity contribution in [1.29, 1.82) is 0 Å². The molecule has 21 heavy (non-hydrogen) atoms. The summed E-state index contributed by atoms with van der Waals surface area (Å²) in [7, 11) is 1.48. The number of nitrogens with zero attached hydrogens (tertiary/aromatic N) is 1. The van der Waals surface area contributed by atoms with Crippen LogP contribution < -0.4 is 0 Å². The van der Waals surface area contributed by atoms with Crippen molar-refractivity contribution in [2.45, 2.75) is 6.42 Å². The van der Waals surface area contributed by atoms with Gasteiger partial charge in [0.25, 0.3) is 0 Å². The fourth-order valence-electron chi connectivity index (χ4n) is 1.66. The van der Waals surface area contributed by atoms with Gasteiger partial charge >= 0.3 is 5.97 Å². The van der Waals surface area contributed by atoms with Gasteiger partial charge in [0, 0.05) is 20.1 Å². The largest absolute Gasteiger partial charge is 0.480 e. The molecule has 6 heteroatoms. The lowest BCUT2D eigenvalue weighted by Gasteiger charge is -2.19. The highest BCUT2D eigenvalue weighted by atomic mass is 19.1. The van der Waals surface area contributed by atoms with Crippen LogP contribution in [0.5, 0.6) is 0 Å². The molecule has 5 nitrogen and oxygen atoms in total. The molecular formula is C15H18FNO4. The van der Waals surface area contributed by atoms with Gasteiger partial charge in [0.05, 0.1) is 6.61 Å². The van der Waals surface area contributed by atoms with Crippen LogP contribution >= 0.6 is 0 Å². The zero-order valence-corrected chi connectivity index (χ0v) is 11.8. The van der Waals surface area contributed by atoms with E-state index in [0.717, 1.165) is 5.56 Å². The third-order valence-corrected chi connectivity index (χ3v) is 2.72. The predicted molar refractivity (Wildman–Crippen MR) is 76.1 cm³/mol. The summed E-state index contributed by atoms with van der Waals surface area (Å²) in [4.78, 5) is 23.9. The van der Waals surface area contributed by atoms with Crippen molar-refractivity contribution >= 4 is 18.0 Å². The number of ether oxygens (including phenoxy) is 1. The quantitative estimate of drug-likeness (QED) is 0.794. The number of methoxy groups -OCH3 is 1. The molecule has 0 aliphatic rings. The first kappa shape index (κ1) is 16.8. The first-order chi connectivity index (χ1) is 10.0. The molecular weight excluding hydrogens is 277 g/mol. The van der Waals surface area contributed by atoms with Gasteiger partial charge in [-0.25, -0.2) is 4.39 Å². The Hall–Kier alpha value is -2.21. The van der Waals surface area contributed by atoms with Gasteiger partial charge in [-0.1, -0.05) is 24.3 Å². The van der Waals surface area contributed by atoms with Crippen molar-refractivity contribution < 1.29 is 23.8 Å². The lowest BCUT2D eigenvalue weighted by Crippen LogP contribution is -2.37. The van der Waals surface area contributed by atoms with Gasteiger partial charge in [-0.05, 0) is 17.7 Å². The Labute approximate surface area is 122 Å². The normalized spacial score (nSPS) is 10.8. The molecule has 0 saturated heterocycles. The minimum Gasteiger partial charge on any atom is -0.480 e. The molecule has 1 amide bonds. The Kier molecular flexibility index (Phi) is 7.11. The van der Waals surface area contributed by atoms with E-state index in [4.69, 9.17) is 9.84 Å². The van der Waals surface area contributed by atoms with Crippen LogP contribution in [-0.2, 0) is 14.3 Å². The smallest absolute Gasteiger partial charge is 0.323 e. The maximum atomic E-state index is 12.7. The van der Waals surface area contributed by atoms with Crippen LogP contribution in [-0.4, -0.2) is 48.7 Å². The number of benzene rings is 1. The molecule has 0 saturated carbocycles. The maximum absolute atomic E-state index is 12.7. The molecule has 0 spiro atoms. The fraction of sp³-hybridized carbons (Fsp3) is 0.333. The topological polar surface area (TPSA) is 66.8 Å². The molecule has 0 fully saturated rings. The lowest BCUT2D eigenvalue weighted by atomic mass is 10.2. The summed E-state index contributed by atoms with van der Waals surface area (Å²) in [6, 6.07) is 5.85. The zero-order valence-electron chi connectivity index (χ0n) is 11.8. The van der Waals surface area contributed by atoms with Gasteiger partial charge in [-0.15, -0.1) is 0 Å². The van der Waals surface area contributed by atoms with E-state index in [1.807, 2.05) is 0 Å². The molecule has 0 heterocycles. The summed E-state index contributed by atoms with van der Waals surface area (Å²) < 4.78 is 17.6. The van der Waals surface area contributed by atoms with Crippen molar-refractivity contribution in [3.05, 3.63) is 41.7 Å². The van der Waals surface area contributed by atoms with Gasteiger partial charge < -0.3 is 14.7 Å². The highest BCUT2D eigenvalue weighted by Gasteiger charge is 2.14. The molecule has 1 aromatic rings. The highest BCUT2D eigenvalue weighted by molar-refractivity contribution is 5.82. The van der Waals surface area contributed by atoms with Crippen LogP contribution in [0.15, 0.2) is 30.3 Å². The summed E-state index contributed by atoms with van der Waals surface area (Å²) >= 11 is 0. The lowest BCUT2D eigenvalue weighted by molar-refractivity contribution is -0.144. The van der Waals surface area contributed by atoms with Gasteiger partial charge in [-0.3, -0.25) is 9.59 Å². The number of amides is 1. The first-order valence-corrected chi connectivity index (χ1v) is 6.43. The predicted octanol–water partition coefficient (Wildman–Crippen LogP) is 1.79. The van der Waals surface area contributed by atoms with Gasteiger partial charge in [0.2, 0.25) is 5.91 Å². The monoisotopic (exact) mass is 295 g/mol. The molecule has 0 aliphatic heterocycles. The van der Waals surface area contributed by atoms with Crippen LogP contribution in [0.3, 0.4) is 0 Å². The summed E-state index contributed by atoms with van der Waals surface area (Å²) in [6.07, 6.45) is 3.39. The standard InChI is InChI=1S/C15H18FNO4/c1-21-10-9-17(11-15(19)20)14(18)4-2-3-12-5-7-13(16)8-6-12/h2-3,5-8H,4,9-11H2,1H3,(H,19,20)/b3-2+. The molecule has 1 N–H and O–H groups in total. The Bertz CT molecular complexity index is 499. The molecule has 1 aromatic carbocycles. The highest BCUT2D eigenvalue weighted by Crippen LogP contribution is 2.06. The molecule has 0 atom stereocenters. The molecule has 0 radical (unpaired) electrons. The summed E-state index contributed by atoms with van der Waals surface area (Å²) in [6.45, 7) is 0.152. The van der Waals surface area contributed by atoms with Gasteiger partial charge in [-0.2, -0.15) is 0 Å².